The monoisotopic (exact) mass is 398 g/mol. The zero-order valence-corrected chi connectivity index (χ0v) is 20.0. The molecule has 4 aliphatic rings. The van der Waals surface area contributed by atoms with Crippen LogP contribution in [0.3, 0.4) is 0 Å². The van der Waals surface area contributed by atoms with Gasteiger partial charge >= 0.3 is 0 Å². The second kappa shape index (κ2) is 7.85. The molecule has 0 radical (unpaired) electrons. The lowest BCUT2D eigenvalue weighted by Crippen LogP contribution is -2.49. The number of hydrogen-bond acceptors (Lipinski definition) is 1. The van der Waals surface area contributed by atoms with Crippen LogP contribution in [0.1, 0.15) is 92.9 Å². The van der Waals surface area contributed by atoms with Crippen LogP contribution in [-0.2, 0) is 0 Å². The van der Waals surface area contributed by atoms with Gasteiger partial charge in [-0.25, -0.2) is 0 Å². The molecule has 0 aromatic rings. The zero-order valence-electron chi connectivity index (χ0n) is 20.0. The highest BCUT2D eigenvalue weighted by molar-refractivity contribution is 5.28. The molecule has 29 heavy (non-hydrogen) atoms. The second-order valence-corrected chi connectivity index (χ2v) is 12.3. The summed E-state index contributed by atoms with van der Waals surface area (Å²) in [6.07, 6.45) is 17.8. The second-order valence-electron chi connectivity index (χ2n) is 12.3. The summed E-state index contributed by atoms with van der Waals surface area (Å²) in [4.78, 5) is 0. The van der Waals surface area contributed by atoms with Gasteiger partial charge in [-0.3, -0.25) is 0 Å². The van der Waals surface area contributed by atoms with E-state index in [1.165, 1.54) is 38.5 Å². The molecule has 0 bridgehead atoms. The van der Waals surface area contributed by atoms with Gasteiger partial charge in [-0.05, 0) is 104 Å². The van der Waals surface area contributed by atoms with Crippen LogP contribution in [-0.4, -0.2) is 11.2 Å². The third-order valence-corrected chi connectivity index (χ3v) is 10.5. The van der Waals surface area contributed by atoms with Gasteiger partial charge in [0.05, 0.1) is 6.10 Å². The van der Waals surface area contributed by atoms with Gasteiger partial charge in [-0.15, -0.1) is 0 Å². The van der Waals surface area contributed by atoms with Crippen molar-refractivity contribution in [1.82, 2.24) is 0 Å². The van der Waals surface area contributed by atoms with Gasteiger partial charge in [-0.1, -0.05) is 65.3 Å². The van der Waals surface area contributed by atoms with E-state index >= 15 is 0 Å². The third kappa shape index (κ3) is 3.58. The van der Waals surface area contributed by atoms with Crippen molar-refractivity contribution in [2.45, 2.75) is 99.0 Å². The molecule has 0 heterocycles. The first-order chi connectivity index (χ1) is 13.7. The standard InChI is InChI=1S/C28H46O/c1-18(2)19(3)7-8-20(4)24-11-12-25-23-10-9-21-17-22(29)13-15-27(21,5)26(23)14-16-28(24,25)6/h7-8,10,18-22,24-26,29H,9,11-17H2,1-6H3/t19?,20-,21?,22?,24-,25+,26+,27+,28-/m1/s1. The Morgan fingerprint density at radius 3 is 2.34 bits per heavy atom. The molecule has 3 unspecified atom stereocenters. The molecule has 0 spiro atoms. The largest absolute Gasteiger partial charge is 0.393 e. The highest BCUT2D eigenvalue weighted by Gasteiger charge is 2.57. The molecule has 0 amide bonds. The number of rotatable bonds is 4. The van der Waals surface area contributed by atoms with Gasteiger partial charge in [0, 0.05) is 0 Å². The molecule has 1 nitrogen and oxygen atoms in total. The quantitative estimate of drug-likeness (QED) is 0.489. The van der Waals surface area contributed by atoms with E-state index in [1.807, 2.05) is 5.57 Å². The maximum Gasteiger partial charge on any atom is 0.0543 e. The van der Waals surface area contributed by atoms with E-state index in [2.05, 4.69) is 59.8 Å². The minimum absolute atomic E-state index is 0.0476. The number of allylic oxidation sites excluding steroid dienone is 4. The van der Waals surface area contributed by atoms with Gasteiger partial charge in [0.25, 0.3) is 0 Å². The lowest BCUT2D eigenvalue weighted by molar-refractivity contribution is -0.0414. The first-order valence-corrected chi connectivity index (χ1v) is 12.7. The lowest BCUT2D eigenvalue weighted by atomic mass is 9.47. The van der Waals surface area contributed by atoms with E-state index in [0.29, 0.717) is 28.6 Å². The first kappa shape index (κ1) is 21.7. The Labute approximate surface area is 180 Å². The summed E-state index contributed by atoms with van der Waals surface area (Å²) in [6.45, 7) is 14.7. The molecule has 0 aliphatic heterocycles. The Bertz CT molecular complexity index is 659. The number of hydrogen-bond donors (Lipinski definition) is 1. The maximum atomic E-state index is 10.2. The summed E-state index contributed by atoms with van der Waals surface area (Å²) in [7, 11) is 0. The smallest absolute Gasteiger partial charge is 0.0543 e. The minimum Gasteiger partial charge on any atom is -0.393 e. The summed E-state index contributed by atoms with van der Waals surface area (Å²) in [6, 6.07) is 0. The molecule has 0 aromatic carbocycles. The Morgan fingerprint density at radius 1 is 0.931 bits per heavy atom. The molecule has 1 heteroatoms. The van der Waals surface area contributed by atoms with Crippen molar-refractivity contribution >= 4 is 0 Å². The van der Waals surface area contributed by atoms with Crippen LogP contribution in [0.25, 0.3) is 0 Å². The van der Waals surface area contributed by atoms with Gasteiger partial charge < -0.3 is 5.11 Å². The molecule has 3 fully saturated rings. The van der Waals surface area contributed by atoms with E-state index in [-0.39, 0.29) is 6.10 Å². The molecular weight excluding hydrogens is 352 g/mol. The molecule has 0 aromatic heterocycles. The zero-order chi connectivity index (χ0) is 21.0. The van der Waals surface area contributed by atoms with Crippen molar-refractivity contribution in [3.8, 4) is 0 Å². The molecule has 3 saturated carbocycles. The van der Waals surface area contributed by atoms with Gasteiger partial charge in [0.15, 0.2) is 0 Å². The van der Waals surface area contributed by atoms with Gasteiger partial charge in [-0.2, -0.15) is 0 Å². The topological polar surface area (TPSA) is 20.2 Å². The van der Waals surface area contributed by atoms with Crippen molar-refractivity contribution in [1.29, 1.82) is 0 Å². The Morgan fingerprint density at radius 2 is 1.62 bits per heavy atom. The van der Waals surface area contributed by atoms with E-state index in [1.54, 1.807) is 0 Å². The normalized spacial score (nSPS) is 46.8. The molecular formula is C28H46O. The fourth-order valence-electron chi connectivity index (χ4n) is 8.10. The van der Waals surface area contributed by atoms with Crippen molar-refractivity contribution < 1.29 is 5.11 Å². The highest BCUT2D eigenvalue weighted by Crippen LogP contribution is 2.66. The number of fused-ring (bicyclic) bond motifs is 5. The third-order valence-electron chi connectivity index (χ3n) is 10.5. The van der Waals surface area contributed by atoms with E-state index < -0.39 is 0 Å². The fourth-order valence-corrected chi connectivity index (χ4v) is 8.10. The Balaban J connectivity index is 1.54. The molecule has 9 atom stereocenters. The summed E-state index contributed by atoms with van der Waals surface area (Å²) >= 11 is 0. The van der Waals surface area contributed by atoms with Crippen molar-refractivity contribution in [3.63, 3.8) is 0 Å². The summed E-state index contributed by atoms with van der Waals surface area (Å²) in [5.74, 6) is 5.25. The van der Waals surface area contributed by atoms with Gasteiger partial charge in [0.2, 0.25) is 0 Å². The van der Waals surface area contributed by atoms with Crippen LogP contribution in [0.4, 0.5) is 0 Å². The SMILES string of the molecule is CC(C)C(C)C=C[C@@H](C)[C@H]1CC[C@H]2C3=CCC4CC(O)CC[C@]4(C)[C@H]3CC[C@]12C. The molecule has 0 saturated heterocycles. The molecule has 4 aliphatic carbocycles. The average Bonchev–Trinajstić information content (AvgIpc) is 3.03. The van der Waals surface area contributed by atoms with E-state index in [0.717, 1.165) is 36.5 Å². The average molecular weight is 399 g/mol. The first-order valence-electron chi connectivity index (χ1n) is 12.7. The van der Waals surface area contributed by atoms with Crippen molar-refractivity contribution in [3.05, 3.63) is 23.8 Å². The number of aliphatic hydroxyl groups is 1. The predicted molar refractivity (Wildman–Crippen MR) is 124 cm³/mol. The molecule has 1 N–H and O–H groups in total. The highest BCUT2D eigenvalue weighted by atomic mass is 16.3. The summed E-state index contributed by atoms with van der Waals surface area (Å²) < 4.78 is 0. The number of aliphatic hydroxyl groups excluding tert-OH is 1. The van der Waals surface area contributed by atoms with Gasteiger partial charge in [0.1, 0.15) is 0 Å². The summed E-state index contributed by atoms with van der Waals surface area (Å²) in [5, 5.41) is 10.2. The van der Waals surface area contributed by atoms with Crippen LogP contribution in [0.2, 0.25) is 0 Å². The lowest BCUT2D eigenvalue weighted by Gasteiger charge is -2.57. The van der Waals surface area contributed by atoms with E-state index in [4.69, 9.17) is 0 Å². The van der Waals surface area contributed by atoms with E-state index in [9.17, 15) is 5.11 Å². The predicted octanol–water partition coefficient (Wildman–Crippen LogP) is 7.41. The van der Waals surface area contributed by atoms with Crippen LogP contribution in [0, 0.1) is 52.3 Å². The van der Waals surface area contributed by atoms with Crippen LogP contribution in [0.5, 0.6) is 0 Å². The van der Waals surface area contributed by atoms with Crippen LogP contribution < -0.4 is 0 Å². The van der Waals surface area contributed by atoms with Crippen LogP contribution in [0.15, 0.2) is 23.8 Å². The fraction of sp³-hybridized carbons (Fsp3) is 0.857. The van der Waals surface area contributed by atoms with Crippen molar-refractivity contribution in [2.75, 3.05) is 0 Å². The Kier molecular flexibility index (Phi) is 5.86. The molecule has 164 valence electrons. The Hall–Kier alpha value is -0.560. The summed E-state index contributed by atoms with van der Waals surface area (Å²) in [5.41, 5.74) is 2.79. The molecule has 4 rings (SSSR count). The van der Waals surface area contributed by atoms with Crippen LogP contribution >= 0.6 is 0 Å². The van der Waals surface area contributed by atoms with Crippen molar-refractivity contribution in [2.24, 2.45) is 52.3 Å². The maximum absolute atomic E-state index is 10.2. The minimum atomic E-state index is -0.0476.